The fraction of sp³-hybridized carbons (Fsp3) is 0.111. The van der Waals surface area contributed by atoms with Gasteiger partial charge in [-0.1, -0.05) is 0 Å². The maximum atomic E-state index is 10.9. The quantitative estimate of drug-likeness (QED) is 0.791. The zero-order chi connectivity index (χ0) is 10.7. The largest absolute Gasteiger partial charge is 0.306 e. The molecule has 0 fully saturated rings. The highest BCUT2D eigenvalue weighted by Gasteiger charge is 2.12. The number of anilines is 1. The van der Waals surface area contributed by atoms with Crippen molar-refractivity contribution in [3.63, 3.8) is 0 Å². The molecule has 0 aliphatic rings. The highest BCUT2D eigenvalue weighted by atomic mass is 16.6. The van der Waals surface area contributed by atoms with Crippen LogP contribution >= 0.6 is 0 Å². The molecule has 0 saturated carbocycles. The average molecular weight is 204 g/mol. The van der Waals surface area contributed by atoms with Crippen LogP contribution in [0.5, 0.6) is 0 Å². The van der Waals surface area contributed by atoms with Gasteiger partial charge in [0.25, 0.3) is 0 Å². The molecule has 15 heavy (non-hydrogen) atoms. The third kappa shape index (κ3) is 1.98. The highest BCUT2D eigenvalue weighted by Crippen LogP contribution is 2.22. The molecule has 6 nitrogen and oxygen atoms in total. The fourth-order valence-electron chi connectivity index (χ4n) is 1.13. The lowest BCUT2D eigenvalue weighted by atomic mass is 10.2. The SMILES string of the molecule is CC(=O)Nc1nonc1-c1cccnc1. The predicted octanol–water partition coefficient (Wildman–Crippen LogP) is 1.09. The van der Waals surface area contributed by atoms with Gasteiger partial charge in [0.2, 0.25) is 11.7 Å². The first-order valence-corrected chi connectivity index (χ1v) is 4.28. The maximum absolute atomic E-state index is 10.9. The monoisotopic (exact) mass is 204 g/mol. The maximum Gasteiger partial charge on any atom is 0.222 e. The lowest BCUT2D eigenvalue weighted by Crippen LogP contribution is -2.06. The summed E-state index contributed by atoms with van der Waals surface area (Å²) in [7, 11) is 0. The van der Waals surface area contributed by atoms with Crippen molar-refractivity contribution in [1.82, 2.24) is 15.3 Å². The molecular formula is C9H8N4O2. The Hall–Kier alpha value is -2.24. The summed E-state index contributed by atoms with van der Waals surface area (Å²) in [6, 6.07) is 3.57. The van der Waals surface area contributed by atoms with Gasteiger partial charge in [0.05, 0.1) is 0 Å². The van der Waals surface area contributed by atoms with Crippen LogP contribution in [0.1, 0.15) is 6.92 Å². The van der Waals surface area contributed by atoms with Crippen molar-refractivity contribution < 1.29 is 9.42 Å². The van der Waals surface area contributed by atoms with E-state index in [0.717, 1.165) is 5.56 Å². The summed E-state index contributed by atoms with van der Waals surface area (Å²) in [5.74, 6) is 0.0753. The summed E-state index contributed by atoms with van der Waals surface area (Å²) in [5, 5.41) is 9.80. The molecule has 0 bridgehead atoms. The lowest BCUT2D eigenvalue weighted by molar-refractivity contribution is -0.114. The standard InChI is InChI=1S/C9H8N4O2/c1-6(14)11-9-8(12-15-13-9)7-3-2-4-10-5-7/h2-5H,1H3,(H,11,13,14). The third-order valence-corrected chi connectivity index (χ3v) is 1.72. The van der Waals surface area contributed by atoms with E-state index in [0.29, 0.717) is 11.5 Å². The Morgan fingerprint density at radius 1 is 1.47 bits per heavy atom. The molecule has 0 unspecified atom stereocenters. The van der Waals surface area contributed by atoms with E-state index in [2.05, 4.69) is 25.2 Å². The molecule has 2 rings (SSSR count). The number of amides is 1. The number of carbonyl (C=O) groups is 1. The molecule has 6 heteroatoms. The molecule has 1 amide bonds. The number of pyridine rings is 1. The second-order valence-corrected chi connectivity index (χ2v) is 2.88. The molecule has 0 aliphatic heterocycles. The second-order valence-electron chi connectivity index (χ2n) is 2.88. The van der Waals surface area contributed by atoms with Crippen molar-refractivity contribution in [2.75, 3.05) is 5.32 Å². The van der Waals surface area contributed by atoms with Crippen LogP contribution in [0.15, 0.2) is 29.2 Å². The van der Waals surface area contributed by atoms with Gasteiger partial charge in [0.1, 0.15) is 0 Å². The Kier molecular flexibility index (Phi) is 2.40. The molecule has 76 valence electrons. The van der Waals surface area contributed by atoms with Crippen molar-refractivity contribution >= 4 is 11.7 Å². The number of nitrogens with zero attached hydrogens (tertiary/aromatic N) is 3. The summed E-state index contributed by atoms with van der Waals surface area (Å²) < 4.78 is 4.56. The van der Waals surface area contributed by atoms with Crippen molar-refractivity contribution in [2.45, 2.75) is 6.92 Å². The Balaban J connectivity index is 2.37. The summed E-state index contributed by atoms with van der Waals surface area (Å²) in [6.07, 6.45) is 3.26. The van der Waals surface area contributed by atoms with Crippen molar-refractivity contribution in [3.05, 3.63) is 24.5 Å². The van der Waals surface area contributed by atoms with E-state index in [1.807, 2.05) is 0 Å². The van der Waals surface area contributed by atoms with Gasteiger partial charge in [-0.15, -0.1) is 0 Å². The molecule has 0 radical (unpaired) electrons. The first kappa shape index (κ1) is 9.32. The summed E-state index contributed by atoms with van der Waals surface area (Å²) >= 11 is 0. The average Bonchev–Trinajstić information content (AvgIpc) is 2.66. The molecule has 0 atom stereocenters. The molecule has 2 aromatic heterocycles. The topological polar surface area (TPSA) is 80.9 Å². The zero-order valence-electron chi connectivity index (χ0n) is 7.97. The van der Waals surface area contributed by atoms with Crippen LogP contribution < -0.4 is 5.32 Å². The highest BCUT2D eigenvalue weighted by molar-refractivity contribution is 5.91. The zero-order valence-corrected chi connectivity index (χ0v) is 7.97. The number of carbonyl (C=O) groups excluding carboxylic acids is 1. The van der Waals surface area contributed by atoms with Crippen LogP contribution in [0.4, 0.5) is 5.82 Å². The predicted molar refractivity (Wildman–Crippen MR) is 51.8 cm³/mol. The molecule has 0 spiro atoms. The van der Waals surface area contributed by atoms with Crippen LogP contribution in [0, 0.1) is 0 Å². The van der Waals surface area contributed by atoms with E-state index >= 15 is 0 Å². The molecular weight excluding hydrogens is 196 g/mol. The van der Waals surface area contributed by atoms with E-state index in [1.54, 1.807) is 24.5 Å². The molecule has 2 aromatic rings. The van der Waals surface area contributed by atoms with Gasteiger partial charge >= 0.3 is 0 Å². The van der Waals surface area contributed by atoms with Gasteiger partial charge in [-0.3, -0.25) is 9.78 Å². The van der Waals surface area contributed by atoms with Gasteiger partial charge in [-0.05, 0) is 22.4 Å². The van der Waals surface area contributed by atoms with Crippen LogP contribution in [-0.4, -0.2) is 21.2 Å². The van der Waals surface area contributed by atoms with E-state index < -0.39 is 0 Å². The Morgan fingerprint density at radius 3 is 3.00 bits per heavy atom. The lowest BCUT2D eigenvalue weighted by Gasteiger charge is -1.98. The van der Waals surface area contributed by atoms with Gasteiger partial charge in [0, 0.05) is 24.9 Å². The number of nitrogens with one attached hydrogen (secondary N) is 1. The molecule has 1 N–H and O–H groups in total. The normalized spacial score (nSPS) is 9.93. The number of aromatic nitrogens is 3. The minimum atomic E-state index is -0.226. The second kappa shape index (κ2) is 3.87. The van der Waals surface area contributed by atoms with Gasteiger partial charge in [-0.25, -0.2) is 4.63 Å². The minimum Gasteiger partial charge on any atom is -0.306 e. The van der Waals surface area contributed by atoms with E-state index in [4.69, 9.17) is 0 Å². The van der Waals surface area contributed by atoms with E-state index in [1.165, 1.54) is 6.92 Å². The minimum absolute atomic E-state index is 0.226. The third-order valence-electron chi connectivity index (χ3n) is 1.72. The summed E-state index contributed by atoms with van der Waals surface area (Å²) in [6.45, 7) is 1.39. The van der Waals surface area contributed by atoms with Crippen LogP contribution in [0.25, 0.3) is 11.3 Å². The molecule has 0 saturated heterocycles. The van der Waals surface area contributed by atoms with Gasteiger partial charge in [-0.2, -0.15) is 0 Å². The molecule has 2 heterocycles. The summed E-state index contributed by atoms with van der Waals surface area (Å²) in [5.41, 5.74) is 1.21. The van der Waals surface area contributed by atoms with Gasteiger partial charge in [0.15, 0.2) is 5.69 Å². The number of hydrogen-bond acceptors (Lipinski definition) is 5. The fourth-order valence-corrected chi connectivity index (χ4v) is 1.13. The molecule has 0 aromatic carbocycles. The van der Waals surface area contributed by atoms with E-state index in [9.17, 15) is 4.79 Å². The molecule has 0 aliphatic carbocycles. The van der Waals surface area contributed by atoms with Crippen LogP contribution in [0.2, 0.25) is 0 Å². The number of rotatable bonds is 2. The smallest absolute Gasteiger partial charge is 0.222 e. The Morgan fingerprint density at radius 2 is 2.33 bits per heavy atom. The van der Waals surface area contributed by atoms with Crippen molar-refractivity contribution in [1.29, 1.82) is 0 Å². The van der Waals surface area contributed by atoms with Crippen molar-refractivity contribution in [2.24, 2.45) is 0 Å². The first-order valence-electron chi connectivity index (χ1n) is 4.28. The van der Waals surface area contributed by atoms with Crippen molar-refractivity contribution in [3.8, 4) is 11.3 Å². The van der Waals surface area contributed by atoms with Crippen LogP contribution in [-0.2, 0) is 4.79 Å². The Labute approximate surface area is 85.3 Å². The van der Waals surface area contributed by atoms with E-state index in [-0.39, 0.29) is 5.91 Å². The summed E-state index contributed by atoms with van der Waals surface area (Å²) in [4.78, 5) is 14.8. The van der Waals surface area contributed by atoms with Crippen LogP contribution in [0.3, 0.4) is 0 Å². The van der Waals surface area contributed by atoms with Gasteiger partial charge < -0.3 is 5.32 Å². The Bertz CT molecular complexity index is 466. The first-order chi connectivity index (χ1) is 7.27. The number of hydrogen-bond donors (Lipinski definition) is 1.